The molecule has 0 spiro atoms. The molecule has 0 unspecified atom stereocenters. The summed E-state index contributed by atoms with van der Waals surface area (Å²) in [6.45, 7) is 0.611. The Morgan fingerprint density at radius 1 is 0.935 bits per heavy atom. The van der Waals surface area contributed by atoms with Crippen LogP contribution in [0.2, 0.25) is 0 Å². The smallest absolute Gasteiger partial charge is 0.242 e. The molecular formula is C19H24ClN5O4S2. The highest BCUT2D eigenvalue weighted by molar-refractivity contribution is 7.92. The van der Waals surface area contributed by atoms with Gasteiger partial charge in [0.25, 0.3) is 0 Å². The zero-order valence-corrected chi connectivity index (χ0v) is 19.7. The maximum Gasteiger partial charge on any atom is 0.242 e. The summed E-state index contributed by atoms with van der Waals surface area (Å²) in [7, 11) is -3.86. The van der Waals surface area contributed by atoms with Crippen molar-refractivity contribution in [2.45, 2.75) is 4.90 Å². The van der Waals surface area contributed by atoms with Gasteiger partial charge in [0.1, 0.15) is 0 Å². The largest absolute Gasteiger partial charge is 0.343 e. The van der Waals surface area contributed by atoms with Gasteiger partial charge in [0.2, 0.25) is 26.0 Å². The second kappa shape index (κ2) is 9.77. The van der Waals surface area contributed by atoms with Crippen LogP contribution in [-0.2, 0) is 20.0 Å². The minimum absolute atomic E-state index is 0. The van der Waals surface area contributed by atoms with E-state index in [2.05, 4.69) is 14.7 Å². The first-order valence-corrected chi connectivity index (χ1v) is 12.4. The van der Waals surface area contributed by atoms with E-state index >= 15 is 0 Å². The molecule has 168 valence electrons. The van der Waals surface area contributed by atoms with Gasteiger partial charge in [-0.25, -0.2) is 26.8 Å². The minimum atomic E-state index is -3.72. The normalized spacial score (nSPS) is 11.9. The summed E-state index contributed by atoms with van der Waals surface area (Å²) in [5.74, 6) is 0.510. The van der Waals surface area contributed by atoms with Crippen molar-refractivity contribution in [3.8, 4) is 0 Å². The summed E-state index contributed by atoms with van der Waals surface area (Å²) in [5.41, 5.74) is 1.12. The molecule has 1 heterocycles. The molecule has 0 aliphatic rings. The maximum absolute atomic E-state index is 12.8. The second-order valence-electron chi connectivity index (χ2n) is 6.88. The highest BCUT2D eigenvalue weighted by Crippen LogP contribution is 2.19. The first-order valence-electron chi connectivity index (χ1n) is 9.03. The molecule has 2 aromatic carbocycles. The molecule has 9 nitrogen and oxygen atoms in total. The Morgan fingerprint density at radius 3 is 2.23 bits per heavy atom. The van der Waals surface area contributed by atoms with Crippen molar-refractivity contribution in [2.24, 2.45) is 0 Å². The quantitative estimate of drug-likeness (QED) is 0.520. The van der Waals surface area contributed by atoms with Gasteiger partial charge in [0.05, 0.1) is 16.7 Å². The van der Waals surface area contributed by atoms with E-state index in [-0.39, 0.29) is 23.8 Å². The average Bonchev–Trinajstić information content (AvgIpc) is 2.70. The number of aromatic nitrogens is 2. The lowest BCUT2D eigenvalue weighted by atomic mass is 10.2. The first-order chi connectivity index (χ1) is 14.1. The fourth-order valence-electron chi connectivity index (χ4n) is 2.75. The van der Waals surface area contributed by atoms with Crippen molar-refractivity contribution < 1.29 is 16.8 Å². The molecule has 0 aliphatic carbocycles. The van der Waals surface area contributed by atoms with Crippen LogP contribution in [0.3, 0.4) is 0 Å². The van der Waals surface area contributed by atoms with Crippen molar-refractivity contribution >= 4 is 55.0 Å². The summed E-state index contributed by atoms with van der Waals surface area (Å²) < 4.78 is 51.7. The van der Waals surface area contributed by atoms with Gasteiger partial charge < -0.3 is 4.90 Å². The van der Waals surface area contributed by atoms with E-state index in [1.165, 1.54) is 35.6 Å². The predicted octanol–water partition coefficient (Wildman–Crippen LogP) is 2.18. The molecular weight excluding hydrogens is 462 g/mol. The molecule has 0 saturated heterocycles. The third-order valence-corrected chi connectivity index (χ3v) is 6.91. The van der Waals surface area contributed by atoms with Crippen molar-refractivity contribution in [3.05, 3.63) is 54.7 Å². The van der Waals surface area contributed by atoms with Gasteiger partial charge in [0.15, 0.2) is 0 Å². The maximum atomic E-state index is 12.8. The number of fused-ring (bicyclic) bond motifs is 1. The summed E-state index contributed by atoms with van der Waals surface area (Å²) >= 11 is 0. The van der Waals surface area contributed by atoms with E-state index in [1.54, 1.807) is 18.1 Å². The van der Waals surface area contributed by atoms with Crippen LogP contribution in [0.1, 0.15) is 0 Å². The first kappa shape index (κ1) is 24.8. The number of nitrogens with one attached hydrogen (secondary N) is 1. The van der Waals surface area contributed by atoms with E-state index in [9.17, 15) is 16.8 Å². The van der Waals surface area contributed by atoms with E-state index in [1.807, 2.05) is 24.3 Å². The summed E-state index contributed by atoms with van der Waals surface area (Å²) in [4.78, 5) is 10.7. The van der Waals surface area contributed by atoms with Crippen molar-refractivity contribution in [1.29, 1.82) is 0 Å². The third kappa shape index (κ3) is 6.26. The molecule has 1 N–H and O–H groups in total. The topological polar surface area (TPSA) is 113 Å². The zero-order chi connectivity index (χ0) is 21.9. The predicted molar refractivity (Wildman–Crippen MR) is 125 cm³/mol. The van der Waals surface area contributed by atoms with E-state index in [0.717, 1.165) is 17.2 Å². The number of likely N-dealkylation sites (N-methyl/N-ethyl adjacent to an activating group) is 2. The number of hydrogen-bond acceptors (Lipinski definition) is 7. The van der Waals surface area contributed by atoms with Crippen LogP contribution < -0.4 is 9.62 Å². The van der Waals surface area contributed by atoms with Crippen molar-refractivity contribution in [1.82, 2.24) is 14.3 Å². The average molecular weight is 486 g/mol. The van der Waals surface area contributed by atoms with Gasteiger partial charge in [-0.3, -0.25) is 4.72 Å². The number of anilines is 2. The minimum Gasteiger partial charge on any atom is -0.343 e. The summed E-state index contributed by atoms with van der Waals surface area (Å²) in [6, 6.07) is 13.2. The number of rotatable bonds is 8. The summed E-state index contributed by atoms with van der Waals surface area (Å²) in [5, 5.41) is 0.933. The highest BCUT2D eigenvalue weighted by atomic mass is 35.5. The number of sulfonamides is 2. The molecule has 31 heavy (non-hydrogen) atoms. The van der Waals surface area contributed by atoms with E-state index in [4.69, 9.17) is 0 Å². The van der Waals surface area contributed by atoms with Gasteiger partial charge in [0, 0.05) is 44.5 Å². The van der Waals surface area contributed by atoms with Crippen molar-refractivity contribution in [2.75, 3.05) is 43.1 Å². The molecule has 0 saturated carbocycles. The van der Waals surface area contributed by atoms with Gasteiger partial charge in [-0.2, -0.15) is 4.31 Å². The molecule has 1 aromatic heterocycles. The monoisotopic (exact) mass is 485 g/mol. The number of benzene rings is 2. The highest BCUT2D eigenvalue weighted by Gasteiger charge is 2.21. The molecule has 3 rings (SSSR count). The van der Waals surface area contributed by atoms with E-state index in [0.29, 0.717) is 18.2 Å². The lowest BCUT2D eigenvalue weighted by Gasteiger charge is -2.22. The van der Waals surface area contributed by atoms with Gasteiger partial charge in [-0.1, -0.05) is 18.2 Å². The Labute approximate surface area is 188 Å². The van der Waals surface area contributed by atoms with Gasteiger partial charge in [-0.15, -0.1) is 12.4 Å². The van der Waals surface area contributed by atoms with Crippen LogP contribution in [0, 0.1) is 0 Å². The van der Waals surface area contributed by atoms with Crippen LogP contribution in [0.4, 0.5) is 11.6 Å². The number of hydrogen-bond donors (Lipinski definition) is 1. The number of halogens is 1. The lowest BCUT2D eigenvalue weighted by Crippen LogP contribution is -2.35. The molecule has 0 fully saturated rings. The molecule has 3 aromatic rings. The van der Waals surface area contributed by atoms with Crippen LogP contribution >= 0.6 is 12.4 Å². The van der Waals surface area contributed by atoms with Crippen LogP contribution in [0.25, 0.3) is 10.9 Å². The van der Waals surface area contributed by atoms with E-state index < -0.39 is 20.0 Å². The Hall–Kier alpha value is -2.47. The lowest BCUT2D eigenvalue weighted by molar-refractivity contribution is 0.473. The SMILES string of the molecule is CN(CCN(C)S(=O)(=O)c1ccc(NS(C)(=O)=O)cc1)c1ncc2ccccc2n1.Cl. The Balaban J connectivity index is 0.00000341. The third-order valence-electron chi connectivity index (χ3n) is 4.43. The molecule has 0 bridgehead atoms. The Kier molecular flexibility index (Phi) is 7.82. The molecule has 0 radical (unpaired) electrons. The number of para-hydroxylation sites is 1. The number of nitrogens with zero attached hydrogens (tertiary/aromatic N) is 4. The van der Waals surface area contributed by atoms with Crippen LogP contribution in [0.15, 0.2) is 59.6 Å². The second-order valence-corrected chi connectivity index (χ2v) is 10.7. The summed E-state index contributed by atoms with van der Waals surface area (Å²) in [6.07, 6.45) is 2.77. The van der Waals surface area contributed by atoms with Gasteiger partial charge in [-0.05, 0) is 30.3 Å². The van der Waals surface area contributed by atoms with Crippen LogP contribution in [-0.4, -0.2) is 64.5 Å². The fraction of sp³-hybridized carbons (Fsp3) is 0.263. The van der Waals surface area contributed by atoms with Gasteiger partial charge >= 0.3 is 0 Å². The standard InChI is InChI=1S/C19H23N5O4S2.ClH/c1-23(19-20-14-15-6-4-5-7-18(15)21-19)12-13-24(2)30(27,28)17-10-8-16(9-11-17)22-29(3,25)26;/h4-11,14,22H,12-13H2,1-3H3;1H. The van der Waals surface area contributed by atoms with Crippen LogP contribution in [0.5, 0.6) is 0 Å². The molecule has 12 heteroatoms. The molecule has 0 aliphatic heterocycles. The molecule has 0 atom stereocenters. The molecule has 0 amide bonds. The van der Waals surface area contributed by atoms with Crippen molar-refractivity contribution in [3.63, 3.8) is 0 Å². The fourth-order valence-corrected chi connectivity index (χ4v) is 4.47. The zero-order valence-electron chi connectivity index (χ0n) is 17.3. The Morgan fingerprint density at radius 2 is 1.58 bits per heavy atom. The Bertz CT molecular complexity index is 1250.